The van der Waals surface area contributed by atoms with E-state index in [1.54, 1.807) is 53.9 Å². The summed E-state index contributed by atoms with van der Waals surface area (Å²) in [5, 5.41) is 7.81. The minimum absolute atomic E-state index is 0.289. The molecule has 2 heterocycles. The second-order valence-electron chi connectivity index (χ2n) is 8.05. The fourth-order valence-electron chi connectivity index (χ4n) is 3.11. The number of nitrogens with zero attached hydrogens (tertiary/aromatic N) is 1. The van der Waals surface area contributed by atoms with Crippen molar-refractivity contribution in [3.8, 4) is 0 Å². The fraction of sp³-hybridized carbons (Fsp3) is 0.292. The van der Waals surface area contributed by atoms with Crippen LogP contribution in [0.25, 0.3) is 0 Å². The first-order chi connectivity index (χ1) is 15.7. The van der Waals surface area contributed by atoms with E-state index < -0.39 is 23.4 Å². The first-order valence-corrected chi connectivity index (χ1v) is 11.7. The number of amides is 3. The third-order valence-corrected chi connectivity index (χ3v) is 6.27. The molecular formula is C24H26ClN3O4S. The highest BCUT2D eigenvalue weighted by molar-refractivity contribution is 7.12. The fourth-order valence-corrected chi connectivity index (χ4v) is 3.93. The normalized spacial score (nSPS) is 12.1. The van der Waals surface area contributed by atoms with Crippen molar-refractivity contribution in [2.24, 2.45) is 0 Å². The SMILES string of the molecule is CCC(C)(C)NC(=O)[C@@H](c1ccco1)N(C(=O)CNC(=O)c1cccs1)c1cccc(Cl)c1. The quantitative estimate of drug-likeness (QED) is 0.453. The van der Waals surface area contributed by atoms with E-state index in [1.165, 1.54) is 22.5 Å². The molecule has 1 aromatic carbocycles. The average molecular weight is 488 g/mol. The van der Waals surface area contributed by atoms with Gasteiger partial charge >= 0.3 is 0 Å². The molecule has 3 rings (SSSR count). The topological polar surface area (TPSA) is 91.7 Å². The predicted molar refractivity (Wildman–Crippen MR) is 130 cm³/mol. The summed E-state index contributed by atoms with van der Waals surface area (Å²) in [7, 11) is 0. The van der Waals surface area contributed by atoms with Crippen molar-refractivity contribution in [2.75, 3.05) is 11.4 Å². The molecule has 0 fully saturated rings. The van der Waals surface area contributed by atoms with Gasteiger partial charge in [0.2, 0.25) is 5.91 Å². The van der Waals surface area contributed by atoms with Gasteiger partial charge in [0.1, 0.15) is 5.76 Å². The van der Waals surface area contributed by atoms with Gasteiger partial charge in [-0.3, -0.25) is 19.3 Å². The van der Waals surface area contributed by atoms with Gasteiger partial charge in [0.25, 0.3) is 11.8 Å². The number of benzene rings is 1. The lowest BCUT2D eigenvalue weighted by Crippen LogP contribution is -2.52. The number of furan rings is 1. The maximum Gasteiger partial charge on any atom is 0.261 e. The van der Waals surface area contributed by atoms with Crippen LogP contribution in [0.3, 0.4) is 0 Å². The summed E-state index contributed by atoms with van der Waals surface area (Å²) in [4.78, 5) is 41.1. The van der Waals surface area contributed by atoms with Crippen molar-refractivity contribution < 1.29 is 18.8 Å². The predicted octanol–water partition coefficient (Wildman–Crippen LogP) is 4.80. The summed E-state index contributed by atoms with van der Waals surface area (Å²) in [6.45, 7) is 5.45. The Bertz CT molecular complexity index is 1100. The second kappa shape index (κ2) is 10.7. The molecule has 0 bridgehead atoms. The van der Waals surface area contributed by atoms with E-state index in [-0.39, 0.29) is 18.2 Å². The van der Waals surface area contributed by atoms with E-state index in [0.717, 1.165) is 0 Å². The van der Waals surface area contributed by atoms with Crippen LogP contribution in [0.4, 0.5) is 5.69 Å². The Morgan fingerprint density at radius 1 is 1.15 bits per heavy atom. The Kier molecular flexibility index (Phi) is 7.94. The van der Waals surface area contributed by atoms with Gasteiger partial charge in [-0.25, -0.2) is 0 Å². The molecule has 0 unspecified atom stereocenters. The maximum absolute atomic E-state index is 13.5. The van der Waals surface area contributed by atoms with Crippen LogP contribution in [0, 0.1) is 0 Å². The van der Waals surface area contributed by atoms with Crippen LogP contribution in [0.5, 0.6) is 0 Å². The van der Waals surface area contributed by atoms with Crippen LogP contribution in [0.15, 0.2) is 64.6 Å². The minimum Gasteiger partial charge on any atom is -0.467 e. The van der Waals surface area contributed by atoms with Gasteiger partial charge in [0, 0.05) is 16.2 Å². The van der Waals surface area contributed by atoms with Crippen LogP contribution in [0.1, 0.15) is 48.7 Å². The Morgan fingerprint density at radius 2 is 1.94 bits per heavy atom. The van der Waals surface area contributed by atoms with Crippen LogP contribution < -0.4 is 15.5 Å². The number of hydrogen-bond acceptors (Lipinski definition) is 5. The van der Waals surface area contributed by atoms with Crippen molar-refractivity contribution in [2.45, 2.75) is 38.8 Å². The van der Waals surface area contributed by atoms with E-state index in [1.807, 2.05) is 20.8 Å². The second-order valence-corrected chi connectivity index (χ2v) is 9.43. The van der Waals surface area contributed by atoms with Gasteiger partial charge in [0.05, 0.1) is 17.7 Å². The monoisotopic (exact) mass is 487 g/mol. The van der Waals surface area contributed by atoms with Gasteiger partial charge in [-0.15, -0.1) is 11.3 Å². The molecule has 174 valence electrons. The Labute approximate surface area is 201 Å². The number of thiophene rings is 1. The van der Waals surface area contributed by atoms with Crippen LogP contribution in [-0.4, -0.2) is 29.8 Å². The summed E-state index contributed by atoms with van der Waals surface area (Å²) in [6.07, 6.45) is 2.13. The number of rotatable bonds is 9. The zero-order valence-corrected chi connectivity index (χ0v) is 20.2. The smallest absolute Gasteiger partial charge is 0.261 e. The van der Waals surface area contributed by atoms with Crippen LogP contribution in [0.2, 0.25) is 5.02 Å². The lowest BCUT2D eigenvalue weighted by molar-refractivity contribution is -0.128. The number of carbonyl (C=O) groups excluding carboxylic acids is 3. The molecule has 0 saturated heterocycles. The van der Waals surface area contributed by atoms with Gasteiger partial charge in [-0.05, 0) is 62.0 Å². The van der Waals surface area contributed by atoms with Crippen molar-refractivity contribution in [1.29, 1.82) is 0 Å². The summed E-state index contributed by atoms with van der Waals surface area (Å²) in [5.41, 5.74) is -0.0954. The summed E-state index contributed by atoms with van der Waals surface area (Å²) >= 11 is 7.47. The number of anilines is 1. The number of hydrogen-bond donors (Lipinski definition) is 2. The highest BCUT2D eigenvalue weighted by Crippen LogP contribution is 2.30. The van der Waals surface area contributed by atoms with E-state index in [2.05, 4.69) is 10.6 Å². The van der Waals surface area contributed by atoms with Gasteiger partial charge in [0.15, 0.2) is 6.04 Å². The molecule has 1 atom stereocenters. The van der Waals surface area contributed by atoms with Gasteiger partial charge < -0.3 is 15.1 Å². The molecule has 0 aliphatic carbocycles. The first-order valence-electron chi connectivity index (χ1n) is 10.5. The van der Waals surface area contributed by atoms with E-state index in [4.69, 9.17) is 16.0 Å². The third kappa shape index (κ3) is 6.24. The molecule has 3 amide bonds. The zero-order chi connectivity index (χ0) is 24.0. The number of halogens is 1. The van der Waals surface area contributed by atoms with Gasteiger partial charge in [-0.2, -0.15) is 0 Å². The van der Waals surface area contributed by atoms with Crippen LogP contribution in [-0.2, 0) is 9.59 Å². The third-order valence-electron chi connectivity index (χ3n) is 5.16. The minimum atomic E-state index is -1.10. The first kappa shape index (κ1) is 24.5. The number of nitrogens with one attached hydrogen (secondary N) is 2. The molecule has 7 nitrogen and oxygen atoms in total. The maximum atomic E-state index is 13.5. The molecule has 0 aliphatic rings. The Hall–Kier alpha value is -3.10. The molecule has 0 spiro atoms. The zero-order valence-electron chi connectivity index (χ0n) is 18.6. The Balaban J connectivity index is 1.97. The van der Waals surface area contributed by atoms with E-state index in [0.29, 0.717) is 22.0 Å². The van der Waals surface area contributed by atoms with Crippen LogP contribution >= 0.6 is 22.9 Å². The van der Waals surface area contributed by atoms with E-state index >= 15 is 0 Å². The van der Waals surface area contributed by atoms with E-state index in [9.17, 15) is 14.4 Å². The molecule has 0 radical (unpaired) electrons. The molecule has 2 N–H and O–H groups in total. The molecule has 33 heavy (non-hydrogen) atoms. The van der Waals surface area contributed by atoms with Crippen molar-refractivity contribution in [3.63, 3.8) is 0 Å². The highest BCUT2D eigenvalue weighted by atomic mass is 35.5. The van der Waals surface area contributed by atoms with Crippen molar-refractivity contribution in [1.82, 2.24) is 10.6 Å². The summed E-state index contributed by atoms with van der Waals surface area (Å²) in [5.74, 6) is -0.976. The molecule has 0 aliphatic heterocycles. The highest BCUT2D eigenvalue weighted by Gasteiger charge is 2.36. The number of carbonyl (C=O) groups is 3. The lowest BCUT2D eigenvalue weighted by atomic mass is 10.0. The molecular weight excluding hydrogens is 462 g/mol. The molecule has 3 aromatic rings. The molecule has 0 saturated carbocycles. The average Bonchev–Trinajstić information content (AvgIpc) is 3.49. The molecule has 2 aromatic heterocycles. The summed E-state index contributed by atoms with van der Waals surface area (Å²) in [6, 6.07) is 12.3. The lowest BCUT2D eigenvalue weighted by Gasteiger charge is -2.33. The van der Waals surface area contributed by atoms with Gasteiger partial charge in [-0.1, -0.05) is 30.7 Å². The van der Waals surface area contributed by atoms with Crippen molar-refractivity contribution >= 4 is 46.3 Å². The van der Waals surface area contributed by atoms with Crippen molar-refractivity contribution in [3.05, 3.63) is 75.8 Å². The standard InChI is InChI=1S/C24H26ClN3O4S/c1-4-24(2,3)27-23(31)21(18-10-6-12-32-18)28(17-9-5-8-16(25)14-17)20(29)15-26-22(30)19-11-7-13-33-19/h5-14,21H,4,15H2,1-3H3,(H,26,30)(H,27,31)/t21-/m1/s1. The summed E-state index contributed by atoms with van der Waals surface area (Å²) < 4.78 is 5.56. The molecule has 9 heteroatoms. The Morgan fingerprint density at radius 3 is 2.55 bits per heavy atom. The largest absolute Gasteiger partial charge is 0.467 e.